The third-order valence-electron chi connectivity index (χ3n) is 3.49. The summed E-state index contributed by atoms with van der Waals surface area (Å²) >= 11 is 0. The highest BCUT2D eigenvalue weighted by atomic mass is 19.1. The van der Waals surface area contributed by atoms with Crippen LogP contribution in [0.25, 0.3) is 11.0 Å². The van der Waals surface area contributed by atoms with Gasteiger partial charge in [-0.1, -0.05) is 0 Å². The second-order valence-electron chi connectivity index (χ2n) is 4.71. The number of nitrogens with two attached hydrogens (primary N) is 1. The van der Waals surface area contributed by atoms with Crippen molar-refractivity contribution in [1.82, 2.24) is 9.55 Å². The van der Waals surface area contributed by atoms with E-state index in [-0.39, 0.29) is 16.7 Å². The maximum atomic E-state index is 13.9. The molecule has 0 radical (unpaired) electrons. The molecule has 0 bridgehead atoms. The van der Waals surface area contributed by atoms with Crippen molar-refractivity contribution in [2.75, 3.05) is 12.3 Å². The molecule has 1 aliphatic rings. The van der Waals surface area contributed by atoms with Gasteiger partial charge in [-0.15, -0.1) is 0 Å². The molecule has 0 aromatic carbocycles. The van der Waals surface area contributed by atoms with Gasteiger partial charge in [0.15, 0.2) is 12.0 Å². The van der Waals surface area contributed by atoms with Crippen molar-refractivity contribution in [3.8, 4) is 0 Å². The molecule has 20 heavy (non-hydrogen) atoms. The van der Waals surface area contributed by atoms with E-state index >= 15 is 0 Å². The van der Waals surface area contributed by atoms with Gasteiger partial charge in [0.25, 0.3) is 0 Å². The van der Waals surface area contributed by atoms with E-state index in [1.54, 1.807) is 0 Å². The van der Waals surface area contributed by atoms with Crippen LogP contribution < -0.4 is 5.73 Å². The molecule has 1 saturated heterocycles. The molecule has 7 nitrogen and oxygen atoms in total. The monoisotopic (exact) mass is 283 g/mol. The molecule has 3 heterocycles. The van der Waals surface area contributed by atoms with Crippen molar-refractivity contribution < 1.29 is 24.4 Å². The second kappa shape index (κ2) is 4.67. The highest BCUT2D eigenvalue weighted by Gasteiger charge is 2.44. The molecule has 2 aromatic heterocycles. The Labute approximate surface area is 113 Å². The molecule has 1 aliphatic heterocycles. The minimum atomic E-state index is -1.30. The fourth-order valence-electron chi connectivity index (χ4n) is 2.46. The molecule has 2 aromatic rings. The van der Waals surface area contributed by atoms with Crippen LogP contribution in [0, 0.1) is 5.82 Å². The van der Waals surface area contributed by atoms with Crippen molar-refractivity contribution in [3.05, 3.63) is 24.3 Å². The fourth-order valence-corrected chi connectivity index (χ4v) is 2.46. The third kappa shape index (κ3) is 1.77. The smallest absolute Gasteiger partial charge is 0.164 e. The van der Waals surface area contributed by atoms with Gasteiger partial charge < -0.3 is 30.4 Å². The quantitative estimate of drug-likeness (QED) is 0.583. The average molecular weight is 283 g/mol. The number of aliphatic hydroxyl groups is 3. The van der Waals surface area contributed by atoms with E-state index in [0.717, 1.165) is 6.20 Å². The van der Waals surface area contributed by atoms with E-state index in [1.807, 2.05) is 0 Å². The standard InChI is InChI=1S/C12H14FN3O4/c13-5-3-16(11-8(5)6(14)1-2-15-11)12-10(19)9(18)7(4-17)20-12/h1-3,7,9-10,12,17-19H,4H2,(H2,14,15)/t7-,9-,10-,12-/m1/s1. The molecule has 1 fully saturated rings. The molecule has 8 heteroatoms. The highest BCUT2D eigenvalue weighted by molar-refractivity contribution is 5.89. The van der Waals surface area contributed by atoms with E-state index in [1.165, 1.54) is 16.8 Å². The molecule has 0 amide bonds. The van der Waals surface area contributed by atoms with Gasteiger partial charge in [-0.2, -0.15) is 0 Å². The van der Waals surface area contributed by atoms with Crippen LogP contribution in [0.1, 0.15) is 6.23 Å². The number of rotatable bonds is 2. The van der Waals surface area contributed by atoms with Crippen LogP contribution in [0.4, 0.5) is 10.1 Å². The summed E-state index contributed by atoms with van der Waals surface area (Å²) in [4.78, 5) is 4.03. The molecular formula is C12H14FN3O4. The third-order valence-corrected chi connectivity index (χ3v) is 3.49. The van der Waals surface area contributed by atoms with Gasteiger partial charge in [0, 0.05) is 18.1 Å². The Morgan fingerprint density at radius 2 is 2.15 bits per heavy atom. The number of aromatic nitrogens is 2. The topological polar surface area (TPSA) is 114 Å². The Kier molecular flexibility index (Phi) is 3.09. The summed E-state index contributed by atoms with van der Waals surface area (Å²) in [6.07, 6.45) is -2.01. The lowest BCUT2D eigenvalue weighted by Crippen LogP contribution is -2.33. The Hall–Kier alpha value is -1.74. The molecule has 5 N–H and O–H groups in total. The van der Waals surface area contributed by atoms with Crippen molar-refractivity contribution in [3.63, 3.8) is 0 Å². The predicted octanol–water partition coefficient (Wildman–Crippen LogP) is -0.631. The van der Waals surface area contributed by atoms with E-state index in [9.17, 15) is 14.6 Å². The van der Waals surface area contributed by atoms with Crippen LogP contribution in [0.3, 0.4) is 0 Å². The van der Waals surface area contributed by atoms with Crippen LogP contribution in [-0.2, 0) is 4.74 Å². The number of halogens is 1. The number of nitrogen functional groups attached to an aromatic ring is 1. The fraction of sp³-hybridized carbons (Fsp3) is 0.417. The summed E-state index contributed by atoms with van der Waals surface area (Å²) in [6.45, 7) is -0.452. The van der Waals surface area contributed by atoms with Crippen LogP contribution >= 0.6 is 0 Å². The first-order chi connectivity index (χ1) is 9.54. The lowest BCUT2D eigenvalue weighted by Gasteiger charge is -2.17. The number of ether oxygens (including phenoxy) is 1. The number of hydrogen-bond acceptors (Lipinski definition) is 6. The molecule has 4 atom stereocenters. The summed E-state index contributed by atoms with van der Waals surface area (Å²) in [5.41, 5.74) is 6.12. The second-order valence-corrected chi connectivity index (χ2v) is 4.71. The van der Waals surface area contributed by atoms with Crippen molar-refractivity contribution in [2.24, 2.45) is 0 Å². The van der Waals surface area contributed by atoms with Gasteiger partial charge in [0.2, 0.25) is 0 Å². The highest BCUT2D eigenvalue weighted by Crippen LogP contribution is 2.34. The summed E-state index contributed by atoms with van der Waals surface area (Å²) in [5.74, 6) is -0.594. The number of fused-ring (bicyclic) bond motifs is 1. The summed E-state index contributed by atoms with van der Waals surface area (Å²) < 4.78 is 20.6. The minimum absolute atomic E-state index is 0.130. The number of hydrogen-bond donors (Lipinski definition) is 4. The van der Waals surface area contributed by atoms with E-state index in [4.69, 9.17) is 15.6 Å². The predicted molar refractivity (Wildman–Crippen MR) is 67.1 cm³/mol. The molecule has 0 saturated carbocycles. The van der Waals surface area contributed by atoms with Gasteiger partial charge in [-0.3, -0.25) is 0 Å². The zero-order valence-electron chi connectivity index (χ0n) is 10.3. The summed E-state index contributed by atoms with van der Waals surface area (Å²) in [7, 11) is 0. The molecule has 0 unspecified atom stereocenters. The first-order valence-electron chi connectivity index (χ1n) is 6.07. The molecular weight excluding hydrogens is 269 g/mol. The van der Waals surface area contributed by atoms with Crippen LogP contribution in [0.15, 0.2) is 18.5 Å². The van der Waals surface area contributed by atoms with Crippen molar-refractivity contribution in [2.45, 2.75) is 24.5 Å². The Bertz CT molecular complexity index is 647. The first-order valence-corrected chi connectivity index (χ1v) is 6.07. The summed E-state index contributed by atoms with van der Waals surface area (Å²) in [6, 6.07) is 1.47. The Morgan fingerprint density at radius 3 is 2.80 bits per heavy atom. The van der Waals surface area contributed by atoms with E-state index in [0.29, 0.717) is 0 Å². The van der Waals surface area contributed by atoms with E-state index in [2.05, 4.69) is 4.98 Å². The Balaban J connectivity index is 2.10. The van der Waals surface area contributed by atoms with Crippen LogP contribution in [-0.4, -0.2) is 49.8 Å². The molecule has 108 valence electrons. The van der Waals surface area contributed by atoms with Gasteiger partial charge >= 0.3 is 0 Å². The Morgan fingerprint density at radius 1 is 1.40 bits per heavy atom. The van der Waals surface area contributed by atoms with Gasteiger partial charge in [-0.05, 0) is 6.07 Å². The largest absolute Gasteiger partial charge is 0.398 e. The number of aliphatic hydroxyl groups excluding tert-OH is 3. The zero-order chi connectivity index (χ0) is 14.4. The van der Waals surface area contributed by atoms with Gasteiger partial charge in [-0.25, -0.2) is 9.37 Å². The molecule has 0 aliphatic carbocycles. The number of nitrogens with zero attached hydrogens (tertiary/aromatic N) is 2. The van der Waals surface area contributed by atoms with Crippen molar-refractivity contribution in [1.29, 1.82) is 0 Å². The number of pyridine rings is 1. The normalized spacial score (nSPS) is 30.2. The van der Waals surface area contributed by atoms with Crippen LogP contribution in [0.5, 0.6) is 0 Å². The van der Waals surface area contributed by atoms with E-state index < -0.39 is 37.0 Å². The maximum Gasteiger partial charge on any atom is 0.164 e. The SMILES string of the molecule is Nc1ccnc2c1c(F)cn2[C@@H]1O[C@H](CO)[C@@H](O)[C@H]1O. The maximum absolute atomic E-state index is 13.9. The number of anilines is 1. The van der Waals surface area contributed by atoms with Crippen molar-refractivity contribution >= 4 is 16.7 Å². The van der Waals surface area contributed by atoms with Gasteiger partial charge in [0.1, 0.15) is 24.0 Å². The van der Waals surface area contributed by atoms with Crippen LogP contribution in [0.2, 0.25) is 0 Å². The lowest BCUT2D eigenvalue weighted by molar-refractivity contribution is -0.0510. The van der Waals surface area contributed by atoms with Gasteiger partial charge in [0.05, 0.1) is 12.0 Å². The average Bonchev–Trinajstić information content (AvgIpc) is 2.90. The minimum Gasteiger partial charge on any atom is -0.398 e. The lowest BCUT2D eigenvalue weighted by atomic mass is 10.1. The molecule has 0 spiro atoms. The zero-order valence-corrected chi connectivity index (χ0v) is 10.3. The summed E-state index contributed by atoms with van der Waals surface area (Å²) in [5, 5.41) is 28.9. The molecule has 3 rings (SSSR count). The first kappa shape index (κ1) is 13.3.